The third-order valence-corrected chi connectivity index (χ3v) is 2.94. The molecule has 3 heteroatoms. The molecule has 0 bridgehead atoms. The van der Waals surface area contributed by atoms with Crippen molar-refractivity contribution in [3.8, 4) is 0 Å². The number of para-hydroxylation sites is 1. The average molecular weight is 238 g/mol. The van der Waals surface area contributed by atoms with Crippen LogP contribution in [0.1, 0.15) is 11.5 Å². The molecule has 90 valence electrons. The molecule has 0 saturated heterocycles. The third kappa shape index (κ3) is 2.07. The van der Waals surface area contributed by atoms with Gasteiger partial charge >= 0.3 is 0 Å². The van der Waals surface area contributed by atoms with Crippen LogP contribution in [0.15, 0.2) is 53.1 Å². The number of benzene rings is 1. The van der Waals surface area contributed by atoms with E-state index in [2.05, 4.69) is 22.4 Å². The summed E-state index contributed by atoms with van der Waals surface area (Å²) in [7, 11) is 0. The van der Waals surface area contributed by atoms with Crippen molar-refractivity contribution in [1.82, 2.24) is 4.98 Å². The van der Waals surface area contributed by atoms with Crippen LogP contribution >= 0.6 is 0 Å². The van der Waals surface area contributed by atoms with Crippen molar-refractivity contribution in [3.63, 3.8) is 0 Å². The van der Waals surface area contributed by atoms with Gasteiger partial charge in [0.1, 0.15) is 11.3 Å². The van der Waals surface area contributed by atoms with Crippen LogP contribution in [0.2, 0.25) is 0 Å². The van der Waals surface area contributed by atoms with Crippen molar-refractivity contribution in [1.29, 1.82) is 0 Å². The molecular weight excluding hydrogens is 224 g/mol. The first-order valence-electron chi connectivity index (χ1n) is 5.96. The molecule has 0 saturated carbocycles. The number of pyridine rings is 1. The van der Waals surface area contributed by atoms with Crippen LogP contribution < -0.4 is 5.32 Å². The van der Waals surface area contributed by atoms with Crippen LogP contribution in [0.4, 0.5) is 5.69 Å². The predicted octanol–water partition coefficient (Wildman–Crippen LogP) is 3.75. The Kier molecular flexibility index (Phi) is 2.73. The van der Waals surface area contributed by atoms with Gasteiger partial charge in [0.25, 0.3) is 0 Å². The number of rotatable bonds is 3. The fourth-order valence-electron chi connectivity index (χ4n) is 1.98. The van der Waals surface area contributed by atoms with Crippen molar-refractivity contribution in [2.24, 2.45) is 0 Å². The second kappa shape index (κ2) is 4.53. The SMILES string of the molecule is Cc1ncccc1NCc1cc2ccccc2o1. The van der Waals surface area contributed by atoms with Gasteiger partial charge in [-0.25, -0.2) is 0 Å². The summed E-state index contributed by atoms with van der Waals surface area (Å²) >= 11 is 0. The fourth-order valence-corrected chi connectivity index (χ4v) is 1.98. The zero-order chi connectivity index (χ0) is 12.4. The van der Waals surface area contributed by atoms with Crippen LogP contribution in [-0.4, -0.2) is 4.98 Å². The Morgan fingerprint density at radius 2 is 2.06 bits per heavy atom. The largest absolute Gasteiger partial charge is 0.459 e. The Balaban J connectivity index is 1.79. The monoisotopic (exact) mass is 238 g/mol. The van der Waals surface area contributed by atoms with E-state index in [1.165, 1.54) is 0 Å². The minimum atomic E-state index is 0.668. The molecule has 2 aromatic heterocycles. The maximum Gasteiger partial charge on any atom is 0.134 e. The second-order valence-electron chi connectivity index (χ2n) is 4.24. The molecule has 0 radical (unpaired) electrons. The Hall–Kier alpha value is -2.29. The average Bonchev–Trinajstić information content (AvgIpc) is 2.80. The number of anilines is 1. The molecule has 3 nitrogen and oxygen atoms in total. The van der Waals surface area contributed by atoms with Gasteiger partial charge in [-0.3, -0.25) is 4.98 Å². The van der Waals surface area contributed by atoms with Gasteiger partial charge < -0.3 is 9.73 Å². The highest BCUT2D eigenvalue weighted by Crippen LogP contribution is 2.20. The number of hydrogen-bond acceptors (Lipinski definition) is 3. The Morgan fingerprint density at radius 3 is 2.89 bits per heavy atom. The lowest BCUT2D eigenvalue weighted by Gasteiger charge is -2.06. The molecule has 2 heterocycles. The minimum absolute atomic E-state index is 0.668. The smallest absolute Gasteiger partial charge is 0.134 e. The van der Waals surface area contributed by atoms with Gasteiger partial charge in [0.05, 0.1) is 17.9 Å². The number of aryl methyl sites for hydroxylation is 1. The van der Waals surface area contributed by atoms with Gasteiger partial charge in [-0.1, -0.05) is 18.2 Å². The van der Waals surface area contributed by atoms with E-state index in [0.29, 0.717) is 6.54 Å². The van der Waals surface area contributed by atoms with Crippen LogP contribution in [0.25, 0.3) is 11.0 Å². The highest BCUT2D eigenvalue weighted by atomic mass is 16.3. The lowest BCUT2D eigenvalue weighted by Crippen LogP contribution is -2.00. The van der Waals surface area contributed by atoms with Crippen LogP contribution in [0, 0.1) is 6.92 Å². The maximum atomic E-state index is 5.75. The van der Waals surface area contributed by atoms with Crippen LogP contribution in [0.3, 0.4) is 0 Å². The molecule has 1 aromatic carbocycles. The van der Waals surface area contributed by atoms with E-state index in [1.807, 2.05) is 37.3 Å². The molecule has 18 heavy (non-hydrogen) atoms. The van der Waals surface area contributed by atoms with E-state index in [-0.39, 0.29) is 0 Å². The van der Waals surface area contributed by atoms with E-state index < -0.39 is 0 Å². The molecule has 3 rings (SSSR count). The van der Waals surface area contributed by atoms with Gasteiger partial charge in [0.2, 0.25) is 0 Å². The molecule has 0 atom stereocenters. The zero-order valence-corrected chi connectivity index (χ0v) is 10.2. The summed E-state index contributed by atoms with van der Waals surface area (Å²) < 4.78 is 5.75. The van der Waals surface area contributed by atoms with Crippen LogP contribution in [-0.2, 0) is 6.54 Å². The topological polar surface area (TPSA) is 38.1 Å². The Morgan fingerprint density at radius 1 is 1.17 bits per heavy atom. The Labute approximate surface area is 105 Å². The first kappa shape index (κ1) is 10.8. The fraction of sp³-hybridized carbons (Fsp3) is 0.133. The van der Waals surface area contributed by atoms with Crippen LogP contribution in [0.5, 0.6) is 0 Å². The lowest BCUT2D eigenvalue weighted by molar-refractivity contribution is 0.559. The minimum Gasteiger partial charge on any atom is -0.459 e. The predicted molar refractivity (Wildman–Crippen MR) is 72.5 cm³/mol. The number of aromatic nitrogens is 1. The highest BCUT2D eigenvalue weighted by Gasteiger charge is 2.03. The number of nitrogens with zero attached hydrogens (tertiary/aromatic N) is 1. The van der Waals surface area contributed by atoms with E-state index in [4.69, 9.17) is 4.42 Å². The first-order valence-corrected chi connectivity index (χ1v) is 5.96. The molecule has 0 fully saturated rings. The first-order chi connectivity index (χ1) is 8.83. The normalized spacial score (nSPS) is 10.7. The Bertz CT molecular complexity index is 640. The van der Waals surface area contributed by atoms with Crippen molar-refractivity contribution < 1.29 is 4.42 Å². The van der Waals surface area contributed by atoms with E-state index in [0.717, 1.165) is 28.1 Å². The molecular formula is C15H14N2O. The number of fused-ring (bicyclic) bond motifs is 1. The molecule has 0 aliphatic carbocycles. The maximum absolute atomic E-state index is 5.75. The van der Waals surface area contributed by atoms with E-state index in [9.17, 15) is 0 Å². The van der Waals surface area contributed by atoms with Gasteiger partial charge in [-0.2, -0.15) is 0 Å². The summed E-state index contributed by atoms with van der Waals surface area (Å²) in [5.74, 6) is 0.930. The molecule has 0 aliphatic rings. The van der Waals surface area contributed by atoms with E-state index >= 15 is 0 Å². The summed E-state index contributed by atoms with van der Waals surface area (Å²) in [4.78, 5) is 4.24. The van der Waals surface area contributed by atoms with Gasteiger partial charge in [0.15, 0.2) is 0 Å². The highest BCUT2D eigenvalue weighted by molar-refractivity contribution is 5.77. The summed E-state index contributed by atoms with van der Waals surface area (Å²) in [5.41, 5.74) is 2.96. The second-order valence-corrected chi connectivity index (χ2v) is 4.24. The summed E-state index contributed by atoms with van der Waals surface area (Å²) in [6.45, 7) is 2.65. The third-order valence-electron chi connectivity index (χ3n) is 2.94. The van der Waals surface area contributed by atoms with E-state index in [1.54, 1.807) is 6.20 Å². The summed E-state index contributed by atoms with van der Waals surface area (Å²) in [6, 6.07) is 14.0. The zero-order valence-electron chi connectivity index (χ0n) is 10.2. The van der Waals surface area contributed by atoms with Crippen molar-refractivity contribution >= 4 is 16.7 Å². The van der Waals surface area contributed by atoms with Gasteiger partial charge in [0, 0.05) is 11.6 Å². The molecule has 0 unspecified atom stereocenters. The summed E-state index contributed by atoms with van der Waals surface area (Å²) in [5, 5.41) is 4.47. The quantitative estimate of drug-likeness (QED) is 0.755. The molecule has 3 aromatic rings. The van der Waals surface area contributed by atoms with Crippen molar-refractivity contribution in [3.05, 3.63) is 60.1 Å². The van der Waals surface area contributed by atoms with Gasteiger partial charge in [-0.15, -0.1) is 0 Å². The number of furan rings is 1. The lowest BCUT2D eigenvalue weighted by atomic mass is 10.2. The molecule has 0 aliphatic heterocycles. The molecule has 0 amide bonds. The molecule has 1 N–H and O–H groups in total. The van der Waals surface area contributed by atoms with Gasteiger partial charge in [-0.05, 0) is 31.2 Å². The standard InChI is InChI=1S/C15H14N2O/c1-11-14(6-4-8-16-11)17-10-13-9-12-5-2-3-7-15(12)18-13/h2-9,17H,10H2,1H3. The molecule has 0 spiro atoms. The number of nitrogens with one attached hydrogen (secondary N) is 1. The van der Waals surface area contributed by atoms with Crippen molar-refractivity contribution in [2.75, 3.05) is 5.32 Å². The summed E-state index contributed by atoms with van der Waals surface area (Å²) in [6.07, 6.45) is 1.79. The number of hydrogen-bond donors (Lipinski definition) is 1. The van der Waals surface area contributed by atoms with Crippen molar-refractivity contribution in [2.45, 2.75) is 13.5 Å².